The predicted octanol–water partition coefficient (Wildman–Crippen LogP) is 3.14. The highest BCUT2D eigenvalue weighted by Gasteiger charge is 2.24. The van der Waals surface area contributed by atoms with Gasteiger partial charge in [0, 0.05) is 11.6 Å². The molecule has 4 nitrogen and oxygen atoms in total. The lowest BCUT2D eigenvalue weighted by atomic mass is 10.2. The molecule has 1 saturated carbocycles. The fraction of sp³-hybridized carbons (Fsp3) is 0.500. The Morgan fingerprint density at radius 3 is 2.79 bits per heavy atom. The number of ether oxygens (including phenoxy) is 2. The van der Waals surface area contributed by atoms with E-state index >= 15 is 0 Å². The molecule has 1 aliphatic carbocycles. The van der Waals surface area contributed by atoms with Gasteiger partial charge in [-0.3, -0.25) is 4.79 Å². The number of amides is 1. The highest BCUT2D eigenvalue weighted by molar-refractivity contribution is 9.10. The lowest BCUT2D eigenvalue weighted by Crippen LogP contribution is -2.25. The zero-order chi connectivity index (χ0) is 13.8. The van der Waals surface area contributed by atoms with Crippen molar-refractivity contribution in [1.82, 2.24) is 5.32 Å². The average molecular weight is 328 g/mol. The molecule has 1 aliphatic rings. The van der Waals surface area contributed by atoms with Crippen molar-refractivity contribution in [3.8, 4) is 11.5 Å². The van der Waals surface area contributed by atoms with Gasteiger partial charge in [-0.05, 0) is 47.3 Å². The highest BCUT2D eigenvalue weighted by Crippen LogP contribution is 2.37. The standard InChI is InChI=1S/C14H18BrNO3/c1-3-6-19-13-11(15)7-9(8-12(13)18-2)14(17)16-10-4-5-10/h7-8,10H,3-6H2,1-2H3,(H,16,17). The molecule has 1 aromatic rings. The fourth-order valence-corrected chi connectivity index (χ4v) is 2.25. The molecule has 1 N–H and O–H groups in total. The Morgan fingerprint density at radius 1 is 1.47 bits per heavy atom. The first-order chi connectivity index (χ1) is 9.15. The van der Waals surface area contributed by atoms with Crippen LogP contribution in [0.2, 0.25) is 0 Å². The molecule has 1 aromatic carbocycles. The monoisotopic (exact) mass is 327 g/mol. The second kappa shape index (κ2) is 6.28. The fourth-order valence-electron chi connectivity index (χ4n) is 1.69. The Balaban J connectivity index is 2.21. The van der Waals surface area contributed by atoms with Gasteiger partial charge < -0.3 is 14.8 Å². The van der Waals surface area contributed by atoms with Gasteiger partial charge in [-0.15, -0.1) is 0 Å². The number of hydrogen-bond donors (Lipinski definition) is 1. The summed E-state index contributed by atoms with van der Waals surface area (Å²) in [7, 11) is 1.57. The van der Waals surface area contributed by atoms with Gasteiger partial charge in [0.05, 0.1) is 18.2 Å². The molecule has 1 fully saturated rings. The average Bonchev–Trinajstić information content (AvgIpc) is 3.20. The number of methoxy groups -OCH3 is 1. The van der Waals surface area contributed by atoms with Crippen LogP contribution in [0.15, 0.2) is 16.6 Å². The Kier molecular flexibility index (Phi) is 4.69. The predicted molar refractivity (Wildman–Crippen MR) is 77.0 cm³/mol. The second-order valence-corrected chi connectivity index (χ2v) is 5.44. The van der Waals surface area contributed by atoms with Crippen LogP contribution in [0.25, 0.3) is 0 Å². The summed E-state index contributed by atoms with van der Waals surface area (Å²) in [6.45, 7) is 2.65. The number of carbonyl (C=O) groups is 1. The van der Waals surface area contributed by atoms with Gasteiger partial charge in [-0.25, -0.2) is 0 Å². The summed E-state index contributed by atoms with van der Waals surface area (Å²) in [6, 6.07) is 3.83. The minimum atomic E-state index is -0.0662. The molecule has 104 valence electrons. The van der Waals surface area contributed by atoms with Gasteiger partial charge in [-0.1, -0.05) is 6.92 Å². The zero-order valence-electron chi connectivity index (χ0n) is 11.2. The van der Waals surface area contributed by atoms with E-state index in [0.29, 0.717) is 29.7 Å². The van der Waals surface area contributed by atoms with E-state index in [1.807, 2.05) is 6.92 Å². The van der Waals surface area contributed by atoms with Gasteiger partial charge in [0.15, 0.2) is 11.5 Å². The largest absolute Gasteiger partial charge is 0.493 e. The lowest BCUT2D eigenvalue weighted by molar-refractivity contribution is 0.0950. The van der Waals surface area contributed by atoms with Gasteiger partial charge in [0.1, 0.15) is 0 Å². The summed E-state index contributed by atoms with van der Waals surface area (Å²) in [5.74, 6) is 1.15. The van der Waals surface area contributed by atoms with E-state index in [4.69, 9.17) is 9.47 Å². The molecule has 5 heteroatoms. The quantitative estimate of drug-likeness (QED) is 0.873. The van der Waals surface area contributed by atoms with Crippen LogP contribution in [0.4, 0.5) is 0 Å². The summed E-state index contributed by atoms with van der Waals surface area (Å²) in [6.07, 6.45) is 3.06. The van der Waals surface area contributed by atoms with E-state index in [2.05, 4.69) is 21.2 Å². The van der Waals surface area contributed by atoms with Crippen LogP contribution in [-0.4, -0.2) is 25.7 Å². The number of halogens is 1. The molecular formula is C14H18BrNO3. The van der Waals surface area contributed by atoms with Gasteiger partial charge in [0.25, 0.3) is 5.91 Å². The van der Waals surface area contributed by atoms with Crippen LogP contribution < -0.4 is 14.8 Å². The Hall–Kier alpha value is -1.23. The summed E-state index contributed by atoms with van der Waals surface area (Å²) >= 11 is 3.43. The molecule has 0 spiro atoms. The highest BCUT2D eigenvalue weighted by atomic mass is 79.9. The van der Waals surface area contributed by atoms with Crippen molar-refractivity contribution in [2.45, 2.75) is 32.2 Å². The summed E-state index contributed by atoms with van der Waals surface area (Å²) in [4.78, 5) is 12.0. The zero-order valence-corrected chi connectivity index (χ0v) is 12.7. The van der Waals surface area contributed by atoms with Crippen LogP contribution in [0.1, 0.15) is 36.5 Å². The normalized spacial score (nSPS) is 14.1. The molecule has 0 atom stereocenters. The number of benzene rings is 1. The van der Waals surface area contributed by atoms with Gasteiger partial charge in [-0.2, -0.15) is 0 Å². The molecule has 0 bridgehead atoms. The van der Waals surface area contributed by atoms with E-state index in [1.165, 1.54) is 0 Å². The molecule has 2 rings (SSSR count). The topological polar surface area (TPSA) is 47.6 Å². The molecule has 0 saturated heterocycles. The third kappa shape index (κ3) is 3.62. The van der Waals surface area contributed by atoms with Crippen LogP contribution in [-0.2, 0) is 0 Å². The maximum atomic E-state index is 12.0. The molecule has 1 amide bonds. The maximum absolute atomic E-state index is 12.0. The SMILES string of the molecule is CCCOc1c(Br)cc(C(=O)NC2CC2)cc1OC. The molecular weight excluding hydrogens is 310 g/mol. The molecule has 0 heterocycles. The first-order valence-electron chi connectivity index (χ1n) is 6.47. The molecule has 0 unspecified atom stereocenters. The van der Waals surface area contributed by atoms with Crippen molar-refractivity contribution in [3.05, 3.63) is 22.2 Å². The van der Waals surface area contributed by atoms with Crippen molar-refractivity contribution >= 4 is 21.8 Å². The van der Waals surface area contributed by atoms with E-state index in [-0.39, 0.29) is 5.91 Å². The Labute approximate surface area is 121 Å². The first-order valence-corrected chi connectivity index (χ1v) is 7.26. The summed E-state index contributed by atoms with van der Waals surface area (Å²) in [5, 5.41) is 2.96. The van der Waals surface area contributed by atoms with Crippen LogP contribution in [0.5, 0.6) is 11.5 Å². The smallest absolute Gasteiger partial charge is 0.251 e. The van der Waals surface area contributed by atoms with Crippen molar-refractivity contribution in [2.75, 3.05) is 13.7 Å². The number of hydrogen-bond acceptors (Lipinski definition) is 3. The molecule has 0 radical (unpaired) electrons. The number of carbonyl (C=O) groups excluding carboxylic acids is 1. The van der Waals surface area contributed by atoms with E-state index in [1.54, 1.807) is 19.2 Å². The maximum Gasteiger partial charge on any atom is 0.251 e. The van der Waals surface area contributed by atoms with Crippen molar-refractivity contribution < 1.29 is 14.3 Å². The van der Waals surface area contributed by atoms with Gasteiger partial charge in [0.2, 0.25) is 0 Å². The Morgan fingerprint density at radius 2 is 2.21 bits per heavy atom. The molecule has 0 aromatic heterocycles. The minimum Gasteiger partial charge on any atom is -0.493 e. The summed E-state index contributed by atoms with van der Waals surface area (Å²) in [5.41, 5.74) is 0.583. The number of rotatable bonds is 6. The van der Waals surface area contributed by atoms with Crippen molar-refractivity contribution in [1.29, 1.82) is 0 Å². The Bertz CT molecular complexity index is 472. The number of nitrogens with one attached hydrogen (secondary N) is 1. The minimum absolute atomic E-state index is 0.0662. The van der Waals surface area contributed by atoms with Crippen LogP contribution in [0.3, 0.4) is 0 Å². The third-order valence-electron chi connectivity index (χ3n) is 2.85. The van der Waals surface area contributed by atoms with E-state index in [0.717, 1.165) is 23.7 Å². The third-order valence-corrected chi connectivity index (χ3v) is 3.44. The van der Waals surface area contributed by atoms with E-state index in [9.17, 15) is 4.79 Å². The second-order valence-electron chi connectivity index (χ2n) is 4.59. The van der Waals surface area contributed by atoms with Gasteiger partial charge >= 0.3 is 0 Å². The van der Waals surface area contributed by atoms with Crippen LogP contribution in [0, 0.1) is 0 Å². The summed E-state index contributed by atoms with van der Waals surface area (Å²) < 4.78 is 11.7. The molecule has 19 heavy (non-hydrogen) atoms. The van der Waals surface area contributed by atoms with Crippen molar-refractivity contribution in [3.63, 3.8) is 0 Å². The first kappa shape index (κ1) is 14.2. The molecule has 0 aliphatic heterocycles. The van der Waals surface area contributed by atoms with Crippen molar-refractivity contribution in [2.24, 2.45) is 0 Å². The lowest BCUT2D eigenvalue weighted by Gasteiger charge is -2.14. The van der Waals surface area contributed by atoms with Crippen LogP contribution >= 0.6 is 15.9 Å². The van der Waals surface area contributed by atoms with E-state index < -0.39 is 0 Å².